The van der Waals surface area contributed by atoms with E-state index >= 15 is 0 Å². The van der Waals surface area contributed by atoms with Crippen LogP contribution in [-0.4, -0.2) is 36.1 Å². The summed E-state index contributed by atoms with van der Waals surface area (Å²) in [4.78, 5) is 39.0. The van der Waals surface area contributed by atoms with Crippen LogP contribution < -0.4 is 15.5 Å². The van der Waals surface area contributed by atoms with Crippen LogP contribution >= 0.6 is 0 Å². The first-order chi connectivity index (χ1) is 17.5. The minimum absolute atomic E-state index is 0.0762. The molecule has 3 N–H and O–H groups in total. The first kappa shape index (κ1) is 25.0. The molecule has 0 aliphatic carbocycles. The van der Waals surface area contributed by atoms with E-state index in [-0.39, 0.29) is 24.3 Å². The number of benzene rings is 3. The number of carboxylic acids is 1. The number of carbonyl (C=O) groups is 3. The second-order valence-corrected chi connectivity index (χ2v) is 8.91. The van der Waals surface area contributed by atoms with Crippen LogP contribution in [0.4, 0.5) is 10.5 Å². The molecule has 0 saturated heterocycles. The van der Waals surface area contributed by atoms with Crippen molar-refractivity contribution in [2.75, 3.05) is 18.0 Å². The molecule has 0 aromatic heterocycles. The van der Waals surface area contributed by atoms with Crippen LogP contribution in [-0.2, 0) is 11.3 Å². The van der Waals surface area contributed by atoms with Gasteiger partial charge in [-0.25, -0.2) is 4.79 Å². The lowest BCUT2D eigenvalue weighted by atomic mass is 9.86. The fraction of sp³-hybridized carbons (Fsp3) is 0.276. The van der Waals surface area contributed by atoms with Gasteiger partial charge in [-0.3, -0.25) is 9.59 Å². The fourth-order valence-electron chi connectivity index (χ4n) is 4.68. The normalized spacial score (nSPS) is 14.4. The third kappa shape index (κ3) is 6.10. The Bertz CT molecular complexity index is 1210. The van der Waals surface area contributed by atoms with Gasteiger partial charge >= 0.3 is 12.0 Å². The van der Waals surface area contributed by atoms with E-state index in [0.29, 0.717) is 25.2 Å². The summed E-state index contributed by atoms with van der Waals surface area (Å²) in [5.74, 6) is -1.39. The Morgan fingerprint density at radius 1 is 0.806 bits per heavy atom. The number of urea groups is 1. The molecule has 1 aliphatic heterocycles. The van der Waals surface area contributed by atoms with Gasteiger partial charge in [0.1, 0.15) is 0 Å². The first-order valence-corrected chi connectivity index (χ1v) is 12.3. The fourth-order valence-corrected chi connectivity index (χ4v) is 4.68. The highest BCUT2D eigenvalue weighted by molar-refractivity contribution is 6.09. The maximum absolute atomic E-state index is 13.5. The van der Waals surface area contributed by atoms with Gasteiger partial charge in [-0.05, 0) is 48.1 Å². The molecule has 1 aliphatic rings. The van der Waals surface area contributed by atoms with Crippen molar-refractivity contribution in [1.82, 2.24) is 10.6 Å². The zero-order valence-electron chi connectivity index (χ0n) is 20.2. The molecule has 186 valence electrons. The van der Waals surface area contributed by atoms with E-state index in [4.69, 9.17) is 0 Å². The summed E-state index contributed by atoms with van der Waals surface area (Å²) in [5.41, 5.74) is 3.97. The zero-order chi connectivity index (χ0) is 25.3. The second-order valence-electron chi connectivity index (χ2n) is 8.91. The summed E-state index contributed by atoms with van der Waals surface area (Å²) >= 11 is 0. The molecule has 0 bridgehead atoms. The van der Waals surface area contributed by atoms with E-state index in [0.717, 1.165) is 41.6 Å². The van der Waals surface area contributed by atoms with Crippen LogP contribution in [0.1, 0.15) is 58.6 Å². The van der Waals surface area contributed by atoms with Crippen molar-refractivity contribution in [3.8, 4) is 0 Å². The number of hydrogen-bond donors (Lipinski definition) is 3. The second kappa shape index (κ2) is 12.0. The minimum atomic E-state index is -0.897. The zero-order valence-corrected chi connectivity index (χ0v) is 20.2. The highest BCUT2D eigenvalue weighted by Gasteiger charge is 2.32. The van der Waals surface area contributed by atoms with Crippen LogP contribution in [0, 0.1) is 0 Å². The third-order valence-electron chi connectivity index (χ3n) is 6.43. The standard InChI is InChI=1S/C29H31N3O4/c33-27(34)19-25-22-13-5-6-15-24(22)28(35)32(26-16-8-7-14-23(25)26)18-10-2-9-17-30-29(36)31-20-21-11-3-1-4-12-21/h1,3-8,11-16,25H,2,9-10,17-20H2,(H,33,34)(H2,30,31,36). The summed E-state index contributed by atoms with van der Waals surface area (Å²) in [6.45, 7) is 1.55. The average molecular weight is 486 g/mol. The van der Waals surface area contributed by atoms with Gasteiger partial charge in [-0.15, -0.1) is 0 Å². The molecule has 7 nitrogen and oxygen atoms in total. The number of aliphatic carboxylic acids is 1. The number of para-hydroxylation sites is 1. The maximum atomic E-state index is 13.5. The van der Waals surface area contributed by atoms with Crippen LogP contribution in [0.3, 0.4) is 0 Å². The molecule has 4 rings (SSSR count). The van der Waals surface area contributed by atoms with Gasteiger partial charge in [0.15, 0.2) is 0 Å². The molecule has 0 spiro atoms. The highest BCUT2D eigenvalue weighted by Crippen LogP contribution is 2.40. The van der Waals surface area contributed by atoms with Gasteiger partial charge in [-0.1, -0.05) is 66.7 Å². The maximum Gasteiger partial charge on any atom is 0.315 e. The smallest absolute Gasteiger partial charge is 0.315 e. The van der Waals surface area contributed by atoms with Crippen molar-refractivity contribution in [1.29, 1.82) is 0 Å². The number of amides is 3. The van der Waals surface area contributed by atoms with Crippen molar-refractivity contribution in [2.24, 2.45) is 0 Å². The van der Waals surface area contributed by atoms with Crippen LogP contribution in [0.25, 0.3) is 0 Å². The first-order valence-electron chi connectivity index (χ1n) is 12.3. The van der Waals surface area contributed by atoms with E-state index in [1.165, 1.54) is 0 Å². The number of hydrogen-bond acceptors (Lipinski definition) is 3. The van der Waals surface area contributed by atoms with Crippen molar-refractivity contribution in [2.45, 2.75) is 38.1 Å². The molecular weight excluding hydrogens is 454 g/mol. The Labute approximate surface area is 211 Å². The molecule has 0 radical (unpaired) electrons. The summed E-state index contributed by atoms with van der Waals surface area (Å²) in [6, 6.07) is 24.4. The Morgan fingerprint density at radius 3 is 2.28 bits per heavy atom. The summed E-state index contributed by atoms with van der Waals surface area (Å²) in [6.07, 6.45) is 2.32. The molecule has 7 heteroatoms. The molecule has 0 saturated carbocycles. The number of unbranched alkanes of at least 4 members (excludes halogenated alkanes) is 2. The molecule has 1 unspecified atom stereocenters. The lowest BCUT2D eigenvalue weighted by Gasteiger charge is -2.24. The van der Waals surface area contributed by atoms with Gasteiger partial charge in [0.25, 0.3) is 5.91 Å². The van der Waals surface area contributed by atoms with E-state index in [2.05, 4.69) is 10.6 Å². The van der Waals surface area contributed by atoms with Gasteiger partial charge in [0.05, 0.1) is 6.42 Å². The van der Waals surface area contributed by atoms with Gasteiger partial charge in [-0.2, -0.15) is 0 Å². The summed E-state index contributed by atoms with van der Waals surface area (Å²) in [7, 11) is 0. The topological polar surface area (TPSA) is 98.7 Å². The van der Waals surface area contributed by atoms with E-state index in [1.807, 2.05) is 72.8 Å². The number of nitrogens with one attached hydrogen (secondary N) is 2. The number of carboxylic acid groups (broad SMARTS) is 1. The quantitative estimate of drug-likeness (QED) is 0.355. The van der Waals surface area contributed by atoms with Crippen molar-refractivity contribution in [3.63, 3.8) is 0 Å². The van der Waals surface area contributed by atoms with Gasteiger partial charge in [0.2, 0.25) is 0 Å². The number of carbonyl (C=O) groups excluding carboxylic acids is 2. The van der Waals surface area contributed by atoms with Crippen LogP contribution in [0.15, 0.2) is 78.9 Å². The Kier molecular flexibility index (Phi) is 8.34. The Balaban J connectivity index is 1.34. The predicted octanol–water partition coefficient (Wildman–Crippen LogP) is 4.92. The molecule has 3 amide bonds. The Hall–Kier alpha value is -4.13. The number of fused-ring (bicyclic) bond motifs is 2. The van der Waals surface area contributed by atoms with Gasteiger partial charge in [0, 0.05) is 36.8 Å². The molecule has 1 heterocycles. The molecule has 36 heavy (non-hydrogen) atoms. The number of rotatable bonds is 10. The van der Waals surface area contributed by atoms with Crippen molar-refractivity contribution >= 4 is 23.6 Å². The summed E-state index contributed by atoms with van der Waals surface area (Å²) in [5, 5.41) is 15.3. The number of anilines is 1. The third-order valence-corrected chi connectivity index (χ3v) is 6.43. The predicted molar refractivity (Wildman–Crippen MR) is 139 cm³/mol. The molecule has 1 atom stereocenters. The van der Waals surface area contributed by atoms with Crippen molar-refractivity contribution in [3.05, 3.63) is 101 Å². The van der Waals surface area contributed by atoms with Crippen LogP contribution in [0.5, 0.6) is 0 Å². The lowest BCUT2D eigenvalue weighted by Crippen LogP contribution is -2.35. The van der Waals surface area contributed by atoms with E-state index in [1.54, 1.807) is 11.0 Å². The van der Waals surface area contributed by atoms with Crippen molar-refractivity contribution < 1.29 is 19.5 Å². The molecule has 3 aromatic carbocycles. The largest absolute Gasteiger partial charge is 0.481 e. The lowest BCUT2D eigenvalue weighted by molar-refractivity contribution is -0.137. The molecule has 0 fully saturated rings. The van der Waals surface area contributed by atoms with Gasteiger partial charge < -0.3 is 20.6 Å². The Morgan fingerprint density at radius 2 is 1.50 bits per heavy atom. The highest BCUT2D eigenvalue weighted by atomic mass is 16.4. The number of nitrogens with zero attached hydrogens (tertiary/aromatic N) is 1. The van der Waals surface area contributed by atoms with Crippen LogP contribution in [0.2, 0.25) is 0 Å². The summed E-state index contributed by atoms with van der Waals surface area (Å²) < 4.78 is 0. The average Bonchev–Trinajstić information content (AvgIpc) is 2.99. The van der Waals surface area contributed by atoms with E-state index in [9.17, 15) is 19.5 Å². The monoisotopic (exact) mass is 485 g/mol. The van der Waals surface area contributed by atoms with E-state index < -0.39 is 5.97 Å². The molecular formula is C29H31N3O4. The SMILES string of the molecule is O=C(O)CC1c2ccccc2C(=O)N(CCCCCNC(=O)NCc2ccccc2)c2ccccc21. The minimum Gasteiger partial charge on any atom is -0.481 e. The molecule has 3 aromatic rings.